The van der Waals surface area contributed by atoms with Gasteiger partial charge in [-0.2, -0.15) is 5.26 Å². The normalized spacial score (nSPS) is 10.7. The van der Waals surface area contributed by atoms with Crippen molar-refractivity contribution in [3.8, 4) is 11.8 Å². The summed E-state index contributed by atoms with van der Waals surface area (Å²) >= 11 is 0. The van der Waals surface area contributed by atoms with Crippen molar-refractivity contribution in [2.75, 3.05) is 0 Å². The molecular weight excluding hydrogens is 243 g/mol. The number of nitro groups is 1. The summed E-state index contributed by atoms with van der Waals surface area (Å²) in [6.45, 7) is 0. The van der Waals surface area contributed by atoms with Crippen molar-refractivity contribution >= 4 is 5.82 Å². The zero-order valence-corrected chi connectivity index (χ0v) is 8.06. The Morgan fingerprint density at radius 3 is 2.65 bits per heavy atom. The number of halogens is 3. The van der Waals surface area contributed by atoms with Crippen LogP contribution in [0.15, 0.2) is 12.1 Å². The maximum atomic E-state index is 11.9. The van der Waals surface area contributed by atoms with Crippen LogP contribution >= 0.6 is 0 Å². The van der Waals surface area contributed by atoms with Crippen LogP contribution in [0.25, 0.3) is 0 Å². The van der Waals surface area contributed by atoms with Crippen molar-refractivity contribution in [3.63, 3.8) is 0 Å². The second-order valence-corrected chi connectivity index (χ2v) is 2.79. The molecule has 1 aromatic rings. The fourth-order valence-corrected chi connectivity index (χ4v) is 1.00. The largest absolute Gasteiger partial charge is 0.573 e. The molecule has 0 amide bonds. The molecule has 0 spiro atoms. The Labute approximate surface area is 92.4 Å². The maximum absolute atomic E-state index is 11.9. The second kappa shape index (κ2) is 4.65. The highest BCUT2D eigenvalue weighted by atomic mass is 19.4. The third kappa shape index (κ3) is 3.94. The van der Waals surface area contributed by atoms with E-state index < -0.39 is 22.9 Å². The predicted octanol–water partition coefficient (Wildman–Crippen LogP) is 1.95. The molecule has 0 saturated carbocycles. The summed E-state index contributed by atoms with van der Waals surface area (Å²) < 4.78 is 39.3. The number of ether oxygens (including phenoxy) is 1. The van der Waals surface area contributed by atoms with Gasteiger partial charge in [-0.25, -0.2) is 0 Å². The Morgan fingerprint density at radius 2 is 2.18 bits per heavy atom. The van der Waals surface area contributed by atoms with E-state index in [0.717, 1.165) is 6.07 Å². The van der Waals surface area contributed by atoms with E-state index in [4.69, 9.17) is 5.26 Å². The number of aromatic nitrogens is 1. The molecule has 0 bridgehead atoms. The summed E-state index contributed by atoms with van der Waals surface area (Å²) in [7, 11) is 0. The number of nitriles is 1. The molecule has 0 aliphatic rings. The minimum Gasteiger partial charge on any atom is -0.405 e. The quantitative estimate of drug-likeness (QED) is 0.601. The first-order chi connectivity index (χ1) is 7.81. The Bertz CT molecular complexity index is 481. The molecule has 0 unspecified atom stereocenters. The molecule has 0 aromatic carbocycles. The van der Waals surface area contributed by atoms with Crippen LogP contribution in [0.2, 0.25) is 0 Å². The van der Waals surface area contributed by atoms with Crippen molar-refractivity contribution in [2.24, 2.45) is 0 Å². The number of rotatable bonds is 3. The van der Waals surface area contributed by atoms with Gasteiger partial charge in [0.2, 0.25) is 0 Å². The van der Waals surface area contributed by atoms with Gasteiger partial charge in [-0.15, -0.1) is 13.2 Å². The second-order valence-electron chi connectivity index (χ2n) is 2.79. The van der Waals surface area contributed by atoms with E-state index in [-0.39, 0.29) is 12.1 Å². The van der Waals surface area contributed by atoms with Crippen LogP contribution in [0.5, 0.6) is 5.75 Å². The van der Waals surface area contributed by atoms with E-state index >= 15 is 0 Å². The van der Waals surface area contributed by atoms with Crippen LogP contribution in [0, 0.1) is 21.4 Å². The number of pyridine rings is 1. The van der Waals surface area contributed by atoms with E-state index in [2.05, 4.69) is 9.72 Å². The Kier molecular flexibility index (Phi) is 3.47. The molecule has 9 heteroatoms. The maximum Gasteiger partial charge on any atom is 0.573 e. The van der Waals surface area contributed by atoms with Gasteiger partial charge in [0.25, 0.3) is 0 Å². The van der Waals surface area contributed by atoms with Crippen molar-refractivity contribution in [2.45, 2.75) is 12.8 Å². The number of alkyl halides is 3. The molecule has 0 fully saturated rings. The molecule has 0 N–H and O–H groups in total. The van der Waals surface area contributed by atoms with Gasteiger partial charge in [-0.3, -0.25) is 0 Å². The highest BCUT2D eigenvalue weighted by Gasteiger charge is 2.32. The fraction of sp³-hybridized carbons (Fsp3) is 0.250. The number of nitrogens with zero attached hydrogens (tertiary/aromatic N) is 3. The Hall–Kier alpha value is -2.37. The summed E-state index contributed by atoms with van der Waals surface area (Å²) in [4.78, 5) is 12.8. The van der Waals surface area contributed by atoms with E-state index in [1.165, 1.54) is 0 Å². The average molecular weight is 247 g/mol. The fourth-order valence-electron chi connectivity index (χ4n) is 1.00. The lowest BCUT2D eigenvalue weighted by Crippen LogP contribution is -2.17. The van der Waals surface area contributed by atoms with E-state index in [1.54, 1.807) is 6.07 Å². The number of hydrogen-bond donors (Lipinski definition) is 0. The molecule has 1 heterocycles. The molecule has 6 nitrogen and oxygen atoms in total. The van der Waals surface area contributed by atoms with Crippen LogP contribution in [-0.4, -0.2) is 16.3 Å². The molecule has 0 radical (unpaired) electrons. The van der Waals surface area contributed by atoms with E-state index in [1.807, 2.05) is 0 Å². The van der Waals surface area contributed by atoms with Gasteiger partial charge >= 0.3 is 12.2 Å². The smallest absolute Gasteiger partial charge is 0.405 e. The monoisotopic (exact) mass is 247 g/mol. The molecule has 1 rings (SSSR count). The first kappa shape index (κ1) is 12.7. The molecule has 1 aromatic heterocycles. The summed E-state index contributed by atoms with van der Waals surface area (Å²) in [6.07, 6.45) is -5.31. The molecule has 0 atom stereocenters. The predicted molar refractivity (Wildman–Crippen MR) is 46.9 cm³/mol. The lowest BCUT2D eigenvalue weighted by Gasteiger charge is -2.08. The summed E-state index contributed by atoms with van der Waals surface area (Å²) in [5.41, 5.74) is -0.166. The zero-order valence-electron chi connectivity index (χ0n) is 8.06. The highest BCUT2D eigenvalue weighted by molar-refractivity contribution is 5.35. The van der Waals surface area contributed by atoms with Crippen LogP contribution in [0.3, 0.4) is 0 Å². The van der Waals surface area contributed by atoms with Gasteiger partial charge in [0, 0.05) is 6.07 Å². The average Bonchev–Trinajstić information content (AvgIpc) is 2.14. The summed E-state index contributed by atoms with van der Waals surface area (Å²) in [5, 5.41) is 18.7. The van der Waals surface area contributed by atoms with Gasteiger partial charge in [0.1, 0.15) is 12.2 Å². The lowest BCUT2D eigenvalue weighted by molar-refractivity contribution is -0.389. The third-order valence-electron chi connectivity index (χ3n) is 1.52. The first-order valence-electron chi connectivity index (χ1n) is 4.10. The minimum atomic E-state index is -4.96. The van der Waals surface area contributed by atoms with Crippen LogP contribution in [-0.2, 0) is 6.42 Å². The van der Waals surface area contributed by atoms with Crippen LogP contribution < -0.4 is 4.74 Å². The van der Waals surface area contributed by atoms with Crippen LogP contribution in [0.4, 0.5) is 19.0 Å². The molecule has 0 aliphatic heterocycles. The van der Waals surface area contributed by atoms with Crippen molar-refractivity contribution in [1.82, 2.24) is 4.98 Å². The topological polar surface area (TPSA) is 89.0 Å². The molecule has 90 valence electrons. The highest BCUT2D eigenvalue weighted by Crippen LogP contribution is 2.26. The molecule has 17 heavy (non-hydrogen) atoms. The Morgan fingerprint density at radius 1 is 1.53 bits per heavy atom. The standard InChI is InChI=1S/C8H4F3N3O3/c9-8(10,11)17-6-3-5(1-2-12)13-7(4-6)14(15)16/h3-4H,1H2. The summed E-state index contributed by atoms with van der Waals surface area (Å²) in [5.74, 6) is -1.58. The van der Waals surface area contributed by atoms with Crippen molar-refractivity contribution in [1.29, 1.82) is 5.26 Å². The van der Waals surface area contributed by atoms with E-state index in [9.17, 15) is 23.3 Å². The van der Waals surface area contributed by atoms with Gasteiger partial charge in [0.05, 0.1) is 12.1 Å². The molecular formula is C8H4F3N3O3. The number of hydrogen-bond acceptors (Lipinski definition) is 5. The first-order valence-corrected chi connectivity index (χ1v) is 4.10. The minimum absolute atomic E-state index is 0.166. The third-order valence-corrected chi connectivity index (χ3v) is 1.52. The Balaban J connectivity index is 3.13. The lowest BCUT2D eigenvalue weighted by atomic mass is 10.3. The molecule has 0 aliphatic carbocycles. The summed E-state index contributed by atoms with van der Waals surface area (Å²) in [6, 6.07) is 2.98. The van der Waals surface area contributed by atoms with E-state index in [0.29, 0.717) is 6.07 Å². The van der Waals surface area contributed by atoms with Gasteiger partial charge in [0.15, 0.2) is 5.69 Å². The van der Waals surface area contributed by atoms with Crippen LogP contribution in [0.1, 0.15) is 5.69 Å². The SMILES string of the molecule is N#CCc1cc(OC(F)(F)F)cc([N+](=O)[O-])n1. The molecule has 0 saturated heterocycles. The van der Waals surface area contributed by atoms with Gasteiger partial charge < -0.3 is 14.9 Å². The van der Waals surface area contributed by atoms with Crippen molar-refractivity contribution in [3.05, 3.63) is 27.9 Å². The zero-order chi connectivity index (χ0) is 13.1. The van der Waals surface area contributed by atoms with Gasteiger partial charge in [-0.1, -0.05) is 0 Å². The van der Waals surface area contributed by atoms with Crippen molar-refractivity contribution < 1.29 is 22.8 Å². The van der Waals surface area contributed by atoms with Gasteiger partial charge in [-0.05, 0) is 9.91 Å².